The van der Waals surface area contributed by atoms with Crippen molar-refractivity contribution in [2.75, 3.05) is 26.7 Å². The number of nitrogens with zero attached hydrogens (tertiary/aromatic N) is 2. The van der Waals surface area contributed by atoms with Crippen LogP contribution in [0.3, 0.4) is 0 Å². The molecule has 2 aliphatic rings. The summed E-state index contributed by atoms with van der Waals surface area (Å²) in [5.74, 6) is 0.231. The van der Waals surface area contributed by atoms with Crippen LogP contribution in [-0.2, 0) is 9.59 Å². The third-order valence-corrected chi connectivity index (χ3v) is 4.09. The molecule has 2 fully saturated rings. The first-order valence-corrected chi connectivity index (χ1v) is 6.92. The highest BCUT2D eigenvalue weighted by molar-refractivity contribution is 5.88. The van der Waals surface area contributed by atoms with E-state index in [0.717, 1.165) is 32.5 Å². The summed E-state index contributed by atoms with van der Waals surface area (Å²) < 4.78 is 0. The number of carbonyl (C=O) groups is 2. The van der Waals surface area contributed by atoms with Crippen LogP contribution >= 0.6 is 12.4 Å². The molecule has 0 aromatic carbocycles. The van der Waals surface area contributed by atoms with Crippen molar-refractivity contribution in [2.24, 2.45) is 0 Å². The Bertz CT molecular complexity index is 332. The highest BCUT2D eigenvalue weighted by Crippen LogP contribution is 2.19. The Morgan fingerprint density at radius 2 is 2.32 bits per heavy atom. The van der Waals surface area contributed by atoms with Crippen LogP contribution in [0, 0.1) is 0 Å². The summed E-state index contributed by atoms with van der Waals surface area (Å²) in [6.07, 6.45) is 3.19. The number of hydrogen-bond donors (Lipinski definition) is 1. The molecule has 110 valence electrons. The fourth-order valence-electron chi connectivity index (χ4n) is 2.91. The molecule has 19 heavy (non-hydrogen) atoms. The van der Waals surface area contributed by atoms with Gasteiger partial charge in [0.05, 0.1) is 0 Å². The number of halogens is 1. The predicted octanol–water partition coefficient (Wildman–Crippen LogP) is 0.630. The zero-order chi connectivity index (χ0) is 13.1. The van der Waals surface area contributed by atoms with Crippen LogP contribution in [0.1, 0.15) is 32.6 Å². The van der Waals surface area contributed by atoms with E-state index in [1.807, 2.05) is 18.9 Å². The van der Waals surface area contributed by atoms with Crippen LogP contribution in [-0.4, -0.2) is 60.4 Å². The van der Waals surface area contributed by atoms with Gasteiger partial charge in [0.2, 0.25) is 11.8 Å². The van der Waals surface area contributed by atoms with Crippen LogP contribution in [0.25, 0.3) is 0 Å². The van der Waals surface area contributed by atoms with E-state index in [2.05, 4.69) is 5.32 Å². The average Bonchev–Trinajstić information content (AvgIpc) is 3.01. The van der Waals surface area contributed by atoms with Crippen molar-refractivity contribution in [2.45, 2.75) is 44.7 Å². The van der Waals surface area contributed by atoms with E-state index in [1.54, 1.807) is 4.90 Å². The summed E-state index contributed by atoms with van der Waals surface area (Å²) in [6, 6.07) is 0.0230. The minimum Gasteiger partial charge on any atom is -0.340 e. The molecule has 1 N–H and O–H groups in total. The summed E-state index contributed by atoms with van der Waals surface area (Å²) in [5, 5.41) is 3.27. The SMILES string of the molecule is CCC(C(=O)N(C)C1CCNC1)N1CCCC1=O.Cl. The lowest BCUT2D eigenvalue weighted by Gasteiger charge is -2.32. The molecule has 2 aliphatic heterocycles. The summed E-state index contributed by atoms with van der Waals surface area (Å²) in [7, 11) is 1.86. The molecule has 0 saturated carbocycles. The number of likely N-dealkylation sites (N-methyl/N-ethyl adjacent to an activating group) is 1. The van der Waals surface area contributed by atoms with Gasteiger partial charge >= 0.3 is 0 Å². The molecular weight excluding hydrogens is 266 g/mol. The molecule has 5 nitrogen and oxygen atoms in total. The fraction of sp³-hybridized carbons (Fsp3) is 0.846. The van der Waals surface area contributed by atoms with E-state index in [0.29, 0.717) is 12.8 Å². The first kappa shape index (κ1) is 16.2. The minimum atomic E-state index is -0.259. The van der Waals surface area contributed by atoms with Crippen LogP contribution in [0.2, 0.25) is 0 Å². The molecule has 2 heterocycles. The fourth-order valence-corrected chi connectivity index (χ4v) is 2.91. The monoisotopic (exact) mass is 289 g/mol. The smallest absolute Gasteiger partial charge is 0.245 e. The lowest BCUT2D eigenvalue weighted by molar-refractivity contribution is -0.144. The number of nitrogens with one attached hydrogen (secondary N) is 1. The van der Waals surface area contributed by atoms with Gasteiger partial charge in [-0.3, -0.25) is 9.59 Å². The zero-order valence-electron chi connectivity index (χ0n) is 11.7. The van der Waals surface area contributed by atoms with Crippen LogP contribution in [0.5, 0.6) is 0 Å². The Kier molecular flexibility index (Phi) is 6.07. The first-order valence-electron chi connectivity index (χ1n) is 6.92. The molecule has 2 amide bonds. The summed E-state index contributed by atoms with van der Waals surface area (Å²) >= 11 is 0. The van der Waals surface area contributed by atoms with Crippen molar-refractivity contribution in [3.05, 3.63) is 0 Å². The molecule has 0 aromatic heterocycles. The van der Waals surface area contributed by atoms with E-state index in [-0.39, 0.29) is 36.3 Å². The largest absolute Gasteiger partial charge is 0.340 e. The third kappa shape index (κ3) is 3.39. The van der Waals surface area contributed by atoms with Gasteiger partial charge in [0.25, 0.3) is 0 Å². The molecule has 6 heteroatoms. The van der Waals surface area contributed by atoms with Crippen molar-refractivity contribution in [3.8, 4) is 0 Å². The molecule has 2 unspecified atom stereocenters. The number of amides is 2. The van der Waals surface area contributed by atoms with Crippen molar-refractivity contribution >= 4 is 24.2 Å². The van der Waals surface area contributed by atoms with Crippen LogP contribution in [0.15, 0.2) is 0 Å². The summed E-state index contributed by atoms with van der Waals surface area (Å²) in [5.41, 5.74) is 0. The highest BCUT2D eigenvalue weighted by atomic mass is 35.5. The van der Waals surface area contributed by atoms with E-state index >= 15 is 0 Å². The molecule has 2 saturated heterocycles. The van der Waals surface area contributed by atoms with Gasteiger partial charge in [-0.2, -0.15) is 0 Å². The standard InChI is InChI=1S/C13H23N3O2.ClH/c1-3-11(16-8-4-5-12(16)17)13(18)15(2)10-6-7-14-9-10;/h10-11,14H,3-9H2,1-2H3;1H. The highest BCUT2D eigenvalue weighted by Gasteiger charge is 2.35. The molecule has 0 aromatic rings. The Morgan fingerprint density at radius 1 is 1.58 bits per heavy atom. The molecule has 0 radical (unpaired) electrons. The summed E-state index contributed by atoms with van der Waals surface area (Å²) in [4.78, 5) is 27.9. The molecule has 0 bridgehead atoms. The van der Waals surface area contributed by atoms with Crippen molar-refractivity contribution in [1.82, 2.24) is 15.1 Å². The molecule has 2 atom stereocenters. The molecule has 0 aliphatic carbocycles. The number of likely N-dealkylation sites (tertiary alicyclic amines) is 1. The summed E-state index contributed by atoms with van der Waals surface area (Å²) in [6.45, 7) is 4.56. The van der Waals surface area contributed by atoms with Crippen LogP contribution < -0.4 is 5.32 Å². The maximum absolute atomic E-state index is 12.5. The van der Waals surface area contributed by atoms with Gasteiger partial charge in [-0.15, -0.1) is 12.4 Å². The second-order valence-corrected chi connectivity index (χ2v) is 5.21. The van der Waals surface area contributed by atoms with Gasteiger partial charge in [0.1, 0.15) is 6.04 Å². The number of hydrogen-bond acceptors (Lipinski definition) is 3. The van der Waals surface area contributed by atoms with Gasteiger partial charge in [0.15, 0.2) is 0 Å². The Morgan fingerprint density at radius 3 is 2.79 bits per heavy atom. The van der Waals surface area contributed by atoms with Crippen molar-refractivity contribution in [1.29, 1.82) is 0 Å². The van der Waals surface area contributed by atoms with Gasteiger partial charge in [-0.05, 0) is 25.8 Å². The van der Waals surface area contributed by atoms with Crippen molar-refractivity contribution < 1.29 is 9.59 Å². The van der Waals surface area contributed by atoms with Gasteiger partial charge in [0, 0.05) is 32.6 Å². The van der Waals surface area contributed by atoms with E-state index in [1.165, 1.54) is 0 Å². The Labute approximate surface area is 121 Å². The molecule has 2 rings (SSSR count). The van der Waals surface area contributed by atoms with E-state index < -0.39 is 0 Å². The second-order valence-electron chi connectivity index (χ2n) is 5.21. The molecule has 0 spiro atoms. The number of carbonyl (C=O) groups excluding carboxylic acids is 2. The minimum absolute atomic E-state index is 0. The Balaban J connectivity index is 0.00000180. The van der Waals surface area contributed by atoms with E-state index in [4.69, 9.17) is 0 Å². The third-order valence-electron chi connectivity index (χ3n) is 4.09. The number of rotatable bonds is 4. The Hall–Kier alpha value is -0.810. The first-order chi connectivity index (χ1) is 8.65. The van der Waals surface area contributed by atoms with E-state index in [9.17, 15) is 9.59 Å². The lowest BCUT2D eigenvalue weighted by atomic mass is 10.1. The maximum atomic E-state index is 12.5. The zero-order valence-corrected chi connectivity index (χ0v) is 12.5. The normalized spacial score (nSPS) is 24.2. The maximum Gasteiger partial charge on any atom is 0.245 e. The second kappa shape index (κ2) is 7.10. The van der Waals surface area contributed by atoms with Gasteiger partial charge < -0.3 is 15.1 Å². The topological polar surface area (TPSA) is 52.7 Å². The lowest BCUT2D eigenvalue weighted by Crippen LogP contribution is -2.51. The molecular formula is C13H24ClN3O2. The van der Waals surface area contributed by atoms with Gasteiger partial charge in [-0.25, -0.2) is 0 Å². The predicted molar refractivity (Wildman–Crippen MR) is 76.3 cm³/mol. The average molecular weight is 290 g/mol. The van der Waals surface area contributed by atoms with Crippen molar-refractivity contribution in [3.63, 3.8) is 0 Å². The quantitative estimate of drug-likeness (QED) is 0.826. The van der Waals surface area contributed by atoms with Gasteiger partial charge in [-0.1, -0.05) is 6.92 Å². The van der Waals surface area contributed by atoms with Crippen LogP contribution in [0.4, 0.5) is 0 Å².